The van der Waals surface area contributed by atoms with Crippen LogP contribution in [-0.4, -0.2) is 181 Å². The van der Waals surface area contributed by atoms with Gasteiger partial charge in [-0.2, -0.15) is 0 Å². The van der Waals surface area contributed by atoms with Crippen LogP contribution in [0.4, 0.5) is 0 Å². The van der Waals surface area contributed by atoms with Crippen LogP contribution < -0.4 is 5.32 Å². The fraction of sp³-hybridized carbons (Fsp3) is 0.706. The number of benzene rings is 1. The Labute approximate surface area is 407 Å². The average Bonchev–Trinajstić information content (AvgIpc) is 3.28. The normalized spacial score (nSPS) is 35.8. The maximum atomic E-state index is 14.2. The second kappa shape index (κ2) is 26.0. The molecule has 1 unspecified atom stereocenters. The summed E-state index contributed by atoms with van der Waals surface area (Å²) in [6.07, 6.45) is -3.20. The van der Waals surface area contributed by atoms with Crippen molar-refractivity contribution in [1.82, 2.24) is 20.1 Å². The first kappa shape index (κ1) is 56.0. The van der Waals surface area contributed by atoms with Crippen LogP contribution in [0.1, 0.15) is 92.1 Å². The number of nitrogens with zero attached hydrogens (tertiary/aromatic N) is 3. The molecule has 2 aromatic rings. The van der Waals surface area contributed by atoms with Gasteiger partial charge in [0.05, 0.1) is 54.6 Å². The first-order chi connectivity index (χ1) is 32.8. The zero-order valence-electron chi connectivity index (χ0n) is 42.1. The van der Waals surface area contributed by atoms with Crippen LogP contribution in [0.3, 0.4) is 0 Å². The van der Waals surface area contributed by atoms with E-state index in [2.05, 4.69) is 10.3 Å². The Morgan fingerprint density at radius 3 is 2.45 bits per heavy atom. The number of likely N-dealkylation sites (N-methyl/N-ethyl adjacent to an activating group) is 2. The van der Waals surface area contributed by atoms with E-state index in [4.69, 9.17) is 33.2 Å². The van der Waals surface area contributed by atoms with Gasteiger partial charge in [0.1, 0.15) is 36.6 Å². The molecule has 0 saturated carbocycles. The number of aliphatic hydroxyl groups excluding tert-OH is 2. The molecule has 0 spiro atoms. The van der Waals surface area contributed by atoms with Crippen molar-refractivity contribution in [1.29, 1.82) is 0 Å². The van der Waals surface area contributed by atoms with Crippen molar-refractivity contribution < 1.29 is 67.7 Å². The minimum absolute atomic E-state index is 0.000716. The monoisotopic (exact) mass is 971 g/mol. The van der Waals surface area contributed by atoms with Crippen molar-refractivity contribution in [2.45, 2.75) is 166 Å². The van der Waals surface area contributed by atoms with E-state index in [0.717, 1.165) is 22.8 Å². The Balaban J connectivity index is 1.44. The number of aldehydes is 1. The zero-order chi connectivity index (χ0) is 50.6. The number of amides is 1. The number of fused-ring (bicyclic) bond motifs is 1. The fourth-order valence-corrected chi connectivity index (χ4v) is 10.1. The highest BCUT2D eigenvalue weighted by atomic mass is 16.7. The quantitative estimate of drug-likeness (QED) is 0.148. The van der Waals surface area contributed by atoms with E-state index < -0.39 is 103 Å². The maximum Gasteiger partial charge on any atom is 0.314 e. The summed E-state index contributed by atoms with van der Waals surface area (Å²) in [5, 5.41) is 39.5. The van der Waals surface area contributed by atoms with E-state index in [1.165, 1.54) is 14.0 Å². The van der Waals surface area contributed by atoms with Gasteiger partial charge in [-0.25, -0.2) is 0 Å². The van der Waals surface area contributed by atoms with Gasteiger partial charge in [-0.15, -0.1) is 0 Å². The minimum atomic E-state index is -1.54. The summed E-state index contributed by atoms with van der Waals surface area (Å²) in [6, 6.07) is 8.76. The number of hydrogen-bond acceptors (Lipinski definition) is 17. The van der Waals surface area contributed by atoms with Gasteiger partial charge in [0.25, 0.3) is 0 Å². The number of β-amino-alcohol motifs (C(OH)–C–C–N with tert-alkyl or cyclic N) is 1. The summed E-state index contributed by atoms with van der Waals surface area (Å²) in [6.45, 7) is 11.2. The molecule has 0 radical (unpaired) electrons. The number of nitrogens with one attached hydrogen (secondary N) is 1. The van der Waals surface area contributed by atoms with Crippen molar-refractivity contribution in [2.24, 2.45) is 17.8 Å². The lowest BCUT2D eigenvalue weighted by atomic mass is 9.80. The molecule has 18 heteroatoms. The average molecular weight is 971 g/mol. The number of rotatable bonds is 15. The van der Waals surface area contributed by atoms with Crippen molar-refractivity contribution in [2.75, 3.05) is 47.9 Å². The highest BCUT2D eigenvalue weighted by Gasteiger charge is 2.54. The Hall–Kier alpha value is -3.95. The lowest BCUT2D eigenvalue weighted by Gasteiger charge is -2.50. The maximum absolute atomic E-state index is 14.2. The first-order valence-corrected chi connectivity index (χ1v) is 24.5. The van der Waals surface area contributed by atoms with Gasteiger partial charge in [-0.1, -0.05) is 44.2 Å². The molecule has 18 nitrogen and oxygen atoms in total. The van der Waals surface area contributed by atoms with Gasteiger partial charge in [0.2, 0.25) is 5.91 Å². The molecule has 69 heavy (non-hydrogen) atoms. The van der Waals surface area contributed by atoms with Crippen LogP contribution in [0.2, 0.25) is 0 Å². The molecular formula is C51H78N4O14. The van der Waals surface area contributed by atoms with E-state index in [-0.39, 0.29) is 50.7 Å². The number of carbonyl (C=O) groups excluding carboxylic acids is 4. The van der Waals surface area contributed by atoms with Gasteiger partial charge in [-0.05, 0) is 104 Å². The van der Waals surface area contributed by atoms with E-state index in [9.17, 15) is 34.5 Å². The predicted octanol–water partition coefficient (Wildman–Crippen LogP) is 3.65. The lowest BCUT2D eigenvalue weighted by molar-refractivity contribution is -0.340. The van der Waals surface area contributed by atoms with Crippen molar-refractivity contribution >= 4 is 41.1 Å². The van der Waals surface area contributed by atoms with Gasteiger partial charge >= 0.3 is 11.9 Å². The highest BCUT2D eigenvalue weighted by Crippen LogP contribution is 2.39. The van der Waals surface area contributed by atoms with Crippen molar-refractivity contribution in [3.05, 3.63) is 48.2 Å². The Morgan fingerprint density at radius 1 is 1.04 bits per heavy atom. The predicted molar refractivity (Wildman–Crippen MR) is 256 cm³/mol. The third-order valence-electron chi connectivity index (χ3n) is 13.8. The topological polar surface area (TPSA) is 225 Å². The summed E-state index contributed by atoms with van der Waals surface area (Å²) < 4.78 is 43.4. The third-order valence-corrected chi connectivity index (χ3v) is 13.8. The van der Waals surface area contributed by atoms with Crippen LogP contribution >= 0.6 is 0 Å². The van der Waals surface area contributed by atoms with Crippen molar-refractivity contribution in [3.8, 4) is 0 Å². The second-order valence-electron chi connectivity index (χ2n) is 19.6. The van der Waals surface area contributed by atoms with Crippen LogP contribution in [0.15, 0.2) is 42.6 Å². The molecule has 0 aliphatic carbocycles. The molecule has 5 rings (SSSR count). The molecule has 3 saturated heterocycles. The molecule has 4 N–H and O–H groups in total. The van der Waals surface area contributed by atoms with Gasteiger partial charge in [0, 0.05) is 50.5 Å². The Bertz CT molecular complexity index is 2000. The molecule has 1 aromatic heterocycles. The van der Waals surface area contributed by atoms with Gasteiger partial charge < -0.3 is 68.4 Å². The molecule has 3 fully saturated rings. The number of hydrogen-bond donors (Lipinski definition) is 4. The van der Waals surface area contributed by atoms with Crippen LogP contribution in [0.5, 0.6) is 0 Å². The molecule has 4 heterocycles. The smallest absolute Gasteiger partial charge is 0.314 e. The molecule has 1 amide bonds. The van der Waals surface area contributed by atoms with E-state index >= 15 is 0 Å². The standard InChI is InChI=1S/C51H78N4O14/c1-11-41(59)67-39-26-40(58)53-36(18-15-16-33-25-34-17-13-14-19-37(34)52-28-33)20-22-55(9)29-38(57)30(3)24-35(21-23-56)47(48(39)63-10)69-50-45(60)44(54(7)8)46(32(5)66-50)68-42-27-51(6,62)43(31(4)65-42)49(61)64-12-2/h13-17,19,23,25,28,30-32,35-36,38-39,42-48,50,57,60,62H,11-12,18,20-22,24,26-27,29H2,1-10H3,(H,53,58)/b16-15+/t30-,31+,32-,35+,36?,38+,39-,42+,43-,44-,45-,46-,47+,48+,50+,51-/m1/s1. The lowest BCUT2D eigenvalue weighted by Crippen LogP contribution is -2.65. The number of methoxy groups -OCH3 is 1. The Kier molecular flexibility index (Phi) is 21.1. The fourth-order valence-electron chi connectivity index (χ4n) is 10.1. The zero-order valence-corrected chi connectivity index (χ0v) is 42.1. The summed E-state index contributed by atoms with van der Waals surface area (Å²) in [4.78, 5) is 61.1. The van der Waals surface area contributed by atoms with Crippen molar-refractivity contribution in [3.63, 3.8) is 0 Å². The third kappa shape index (κ3) is 15.0. The van der Waals surface area contributed by atoms with Crippen LogP contribution in [0.25, 0.3) is 17.0 Å². The van der Waals surface area contributed by atoms with E-state index in [1.807, 2.05) is 61.4 Å². The number of pyridine rings is 1. The number of aliphatic hydroxyl groups is 3. The number of ether oxygens (including phenoxy) is 7. The highest BCUT2D eigenvalue weighted by molar-refractivity contribution is 5.80. The van der Waals surface area contributed by atoms with Gasteiger partial charge in [0.15, 0.2) is 12.6 Å². The number of aromatic nitrogens is 1. The summed E-state index contributed by atoms with van der Waals surface area (Å²) in [5.41, 5.74) is 0.257. The molecule has 3 aliphatic heterocycles. The first-order valence-electron chi connectivity index (χ1n) is 24.5. The molecular weight excluding hydrogens is 893 g/mol. The molecule has 1 aromatic carbocycles. The second-order valence-corrected chi connectivity index (χ2v) is 19.6. The SMILES string of the molecule is CCOC(=O)[C@H]1[C@H](C)O[C@@H](O[C@H]2[C@H](N(C)C)[C@@H](O)[C@H](O[C@H]3[C@@H](CC=O)C[C@@H](C)[C@@H](O)CN(C)CCC(C/C=C/c4cnc5ccccc5c4)NC(=O)C[C@@H](OC(=O)CC)[C@@H]3OC)O[C@@H]2C)C[C@@]1(C)O. The van der Waals surface area contributed by atoms with E-state index in [1.54, 1.807) is 52.9 Å². The Morgan fingerprint density at radius 2 is 1.78 bits per heavy atom. The summed E-state index contributed by atoms with van der Waals surface area (Å²) in [5.74, 6) is -3.59. The van der Waals surface area contributed by atoms with E-state index in [0.29, 0.717) is 25.9 Å². The molecule has 16 atom stereocenters. The summed E-state index contributed by atoms with van der Waals surface area (Å²) >= 11 is 0. The van der Waals surface area contributed by atoms with Crippen LogP contribution in [0, 0.1) is 17.8 Å². The minimum Gasteiger partial charge on any atom is -0.466 e. The molecule has 386 valence electrons. The summed E-state index contributed by atoms with van der Waals surface area (Å²) in [7, 11) is 6.83. The molecule has 0 bridgehead atoms. The number of esters is 2. The number of para-hydroxylation sites is 1. The van der Waals surface area contributed by atoms with Crippen LogP contribution in [-0.2, 0) is 52.3 Å². The number of carbonyl (C=O) groups is 4. The molecule has 3 aliphatic rings. The van der Waals surface area contributed by atoms with Gasteiger partial charge in [-0.3, -0.25) is 19.4 Å². The largest absolute Gasteiger partial charge is 0.466 e.